The normalized spacial score (nSPS) is 12.0. The van der Waals surface area contributed by atoms with Crippen molar-refractivity contribution in [3.05, 3.63) is 60.2 Å². The van der Waals surface area contributed by atoms with Gasteiger partial charge in [0.25, 0.3) is 0 Å². The maximum atomic E-state index is 13.0. The maximum Gasteiger partial charge on any atom is 0.242 e. The highest BCUT2D eigenvalue weighted by atomic mass is 32.2. The molecular formula is C23H31N3O5S. The lowest BCUT2D eigenvalue weighted by molar-refractivity contribution is -0.140. The van der Waals surface area contributed by atoms with E-state index in [0.717, 1.165) is 11.8 Å². The Kier molecular flexibility index (Phi) is 9.07. The van der Waals surface area contributed by atoms with Gasteiger partial charge in [-0.2, -0.15) is 0 Å². The third-order valence-electron chi connectivity index (χ3n) is 5.10. The molecule has 2 rings (SSSR count). The van der Waals surface area contributed by atoms with Crippen molar-refractivity contribution in [2.75, 3.05) is 31.3 Å². The summed E-state index contributed by atoms with van der Waals surface area (Å²) >= 11 is 0. The SMILES string of the molecule is CNC(=O)[C@@H](C)N(Cc1ccccc1)C(=O)CCCN(c1cccc(OC)c1)S(C)(=O)=O. The highest BCUT2D eigenvalue weighted by Gasteiger charge is 2.26. The van der Waals surface area contributed by atoms with Gasteiger partial charge in [0.05, 0.1) is 19.1 Å². The summed E-state index contributed by atoms with van der Waals surface area (Å²) in [4.78, 5) is 26.8. The first-order valence-corrected chi connectivity index (χ1v) is 12.2. The number of nitrogens with one attached hydrogen (secondary N) is 1. The van der Waals surface area contributed by atoms with E-state index in [1.807, 2.05) is 30.3 Å². The van der Waals surface area contributed by atoms with E-state index >= 15 is 0 Å². The van der Waals surface area contributed by atoms with Crippen LogP contribution in [0.1, 0.15) is 25.3 Å². The second-order valence-electron chi connectivity index (χ2n) is 7.44. The third kappa shape index (κ3) is 6.98. The molecule has 174 valence electrons. The molecule has 0 aliphatic heterocycles. The van der Waals surface area contributed by atoms with E-state index in [0.29, 0.717) is 24.4 Å². The van der Waals surface area contributed by atoms with Crippen LogP contribution < -0.4 is 14.4 Å². The van der Waals surface area contributed by atoms with Crippen molar-refractivity contribution in [3.8, 4) is 5.75 Å². The van der Waals surface area contributed by atoms with Crippen molar-refractivity contribution >= 4 is 27.5 Å². The quantitative estimate of drug-likeness (QED) is 0.554. The molecule has 2 aromatic rings. The molecule has 0 radical (unpaired) electrons. The number of sulfonamides is 1. The van der Waals surface area contributed by atoms with Crippen LogP contribution in [0.25, 0.3) is 0 Å². The van der Waals surface area contributed by atoms with E-state index < -0.39 is 16.1 Å². The lowest BCUT2D eigenvalue weighted by Crippen LogP contribution is -2.46. The van der Waals surface area contributed by atoms with Gasteiger partial charge < -0.3 is 15.0 Å². The Morgan fingerprint density at radius 1 is 1.09 bits per heavy atom. The van der Waals surface area contributed by atoms with Gasteiger partial charge in [-0.05, 0) is 31.0 Å². The van der Waals surface area contributed by atoms with E-state index in [2.05, 4.69) is 5.32 Å². The Hall–Kier alpha value is -3.07. The topological polar surface area (TPSA) is 96.0 Å². The van der Waals surface area contributed by atoms with Gasteiger partial charge in [-0.3, -0.25) is 13.9 Å². The Balaban J connectivity index is 2.13. The Morgan fingerprint density at radius 3 is 2.38 bits per heavy atom. The predicted octanol–water partition coefficient (Wildman–Crippen LogP) is 2.40. The first-order chi connectivity index (χ1) is 15.2. The molecule has 0 heterocycles. The van der Waals surface area contributed by atoms with E-state index in [-0.39, 0.29) is 24.8 Å². The smallest absolute Gasteiger partial charge is 0.242 e. The van der Waals surface area contributed by atoms with Crippen LogP contribution in [-0.2, 0) is 26.2 Å². The molecule has 32 heavy (non-hydrogen) atoms. The van der Waals surface area contributed by atoms with Crippen LogP contribution in [0.3, 0.4) is 0 Å². The van der Waals surface area contributed by atoms with Crippen molar-refractivity contribution in [1.82, 2.24) is 10.2 Å². The van der Waals surface area contributed by atoms with Gasteiger partial charge in [-0.15, -0.1) is 0 Å². The molecule has 9 heteroatoms. The van der Waals surface area contributed by atoms with E-state index in [1.165, 1.54) is 23.4 Å². The van der Waals surface area contributed by atoms with Crippen LogP contribution in [0.15, 0.2) is 54.6 Å². The molecule has 0 unspecified atom stereocenters. The zero-order valence-corrected chi connectivity index (χ0v) is 19.8. The van der Waals surface area contributed by atoms with E-state index in [1.54, 1.807) is 31.2 Å². The van der Waals surface area contributed by atoms with Crippen LogP contribution in [0.4, 0.5) is 5.69 Å². The fraction of sp³-hybridized carbons (Fsp3) is 0.391. The molecule has 0 spiro atoms. The van der Waals surface area contributed by atoms with Crippen molar-refractivity contribution in [2.24, 2.45) is 0 Å². The molecule has 0 saturated carbocycles. The summed E-state index contributed by atoms with van der Waals surface area (Å²) in [5, 5.41) is 2.58. The number of carbonyl (C=O) groups excluding carboxylic acids is 2. The van der Waals surface area contributed by atoms with Crippen LogP contribution >= 0.6 is 0 Å². The van der Waals surface area contributed by atoms with Crippen molar-refractivity contribution in [1.29, 1.82) is 0 Å². The number of ether oxygens (including phenoxy) is 1. The van der Waals surface area contributed by atoms with Gasteiger partial charge in [0.1, 0.15) is 11.8 Å². The Morgan fingerprint density at radius 2 is 1.78 bits per heavy atom. The van der Waals surface area contributed by atoms with Gasteiger partial charge >= 0.3 is 0 Å². The molecule has 0 aliphatic carbocycles. The minimum Gasteiger partial charge on any atom is -0.497 e. The molecular weight excluding hydrogens is 430 g/mol. The first kappa shape index (κ1) is 25.2. The Labute approximate surface area is 190 Å². The van der Waals surface area contributed by atoms with Crippen molar-refractivity contribution < 1.29 is 22.7 Å². The second-order valence-corrected chi connectivity index (χ2v) is 9.34. The molecule has 2 aromatic carbocycles. The van der Waals surface area contributed by atoms with Crippen LogP contribution in [-0.4, -0.2) is 58.1 Å². The number of rotatable bonds is 11. The van der Waals surface area contributed by atoms with Gasteiger partial charge in [0.2, 0.25) is 21.8 Å². The predicted molar refractivity (Wildman–Crippen MR) is 125 cm³/mol. The average molecular weight is 462 g/mol. The summed E-state index contributed by atoms with van der Waals surface area (Å²) in [5.41, 5.74) is 1.38. The number of hydrogen-bond acceptors (Lipinski definition) is 5. The number of hydrogen-bond donors (Lipinski definition) is 1. The highest BCUT2D eigenvalue weighted by molar-refractivity contribution is 7.92. The lowest BCUT2D eigenvalue weighted by Gasteiger charge is -2.29. The molecule has 0 saturated heterocycles. The van der Waals surface area contributed by atoms with Crippen molar-refractivity contribution in [2.45, 2.75) is 32.4 Å². The fourth-order valence-corrected chi connectivity index (χ4v) is 4.30. The summed E-state index contributed by atoms with van der Waals surface area (Å²) in [6.07, 6.45) is 1.53. The summed E-state index contributed by atoms with van der Waals surface area (Å²) < 4.78 is 31.2. The van der Waals surface area contributed by atoms with Gasteiger partial charge in [0.15, 0.2) is 0 Å². The van der Waals surface area contributed by atoms with Crippen LogP contribution in [0, 0.1) is 0 Å². The van der Waals surface area contributed by atoms with Crippen molar-refractivity contribution in [3.63, 3.8) is 0 Å². The molecule has 0 fully saturated rings. The summed E-state index contributed by atoms with van der Waals surface area (Å²) in [5.74, 6) is 0.0631. The number of likely N-dealkylation sites (N-methyl/N-ethyl adjacent to an activating group) is 1. The van der Waals surface area contributed by atoms with Gasteiger partial charge in [-0.25, -0.2) is 8.42 Å². The van der Waals surface area contributed by atoms with Gasteiger partial charge in [0, 0.05) is 32.6 Å². The minimum absolute atomic E-state index is 0.101. The average Bonchev–Trinajstić information content (AvgIpc) is 2.79. The zero-order chi connectivity index (χ0) is 23.7. The number of anilines is 1. The summed E-state index contributed by atoms with van der Waals surface area (Å²) in [6.45, 7) is 2.10. The molecule has 0 aliphatic rings. The first-order valence-electron chi connectivity index (χ1n) is 10.3. The summed E-state index contributed by atoms with van der Waals surface area (Å²) in [7, 11) is -0.513. The molecule has 0 bridgehead atoms. The molecule has 1 N–H and O–H groups in total. The fourth-order valence-electron chi connectivity index (χ4n) is 3.34. The van der Waals surface area contributed by atoms with Crippen LogP contribution in [0.5, 0.6) is 5.75 Å². The maximum absolute atomic E-state index is 13.0. The highest BCUT2D eigenvalue weighted by Crippen LogP contribution is 2.23. The van der Waals surface area contributed by atoms with E-state index in [4.69, 9.17) is 4.74 Å². The number of nitrogens with zero attached hydrogens (tertiary/aromatic N) is 2. The number of benzene rings is 2. The third-order valence-corrected chi connectivity index (χ3v) is 6.30. The van der Waals surface area contributed by atoms with Crippen LogP contribution in [0.2, 0.25) is 0 Å². The molecule has 8 nitrogen and oxygen atoms in total. The minimum atomic E-state index is -3.55. The number of carbonyl (C=O) groups is 2. The van der Waals surface area contributed by atoms with Gasteiger partial charge in [-0.1, -0.05) is 36.4 Å². The zero-order valence-electron chi connectivity index (χ0n) is 18.9. The largest absolute Gasteiger partial charge is 0.497 e. The molecule has 0 aromatic heterocycles. The second kappa shape index (κ2) is 11.5. The number of amides is 2. The summed E-state index contributed by atoms with van der Waals surface area (Å²) in [6, 6.07) is 15.5. The number of methoxy groups -OCH3 is 1. The Bertz CT molecular complexity index is 1010. The molecule has 2 amide bonds. The lowest BCUT2D eigenvalue weighted by atomic mass is 10.1. The monoisotopic (exact) mass is 461 g/mol. The standard InChI is InChI=1S/C23H31N3O5S/c1-18(23(28)24-2)25(17-19-10-6-5-7-11-19)22(27)14-9-15-26(32(4,29)30)20-12-8-13-21(16-20)31-3/h5-8,10-13,16,18H,9,14-15,17H2,1-4H3,(H,24,28)/t18-/m1/s1. The molecule has 1 atom stereocenters. The van der Waals surface area contributed by atoms with E-state index in [9.17, 15) is 18.0 Å².